The van der Waals surface area contributed by atoms with Gasteiger partial charge in [0.2, 0.25) is 5.29 Å². The molecule has 0 radical (unpaired) electrons. The lowest BCUT2D eigenvalue weighted by Gasteiger charge is -2.10. The molecule has 9 heteroatoms. The molecular formula is C10H5Cl2F3N4. The average Bonchev–Trinajstić information content (AvgIpc) is 2.83. The third-order valence-corrected chi connectivity index (χ3v) is 2.58. The average molecular weight is 309 g/mol. The molecule has 0 saturated heterocycles. The topological polar surface area (TPSA) is 43.1 Å². The standard InChI is InChI=1S/C10H5Cl2F3N4/c11-6-1-2-8(7(3-6)10(13,14)15)18-9(12)19-5-16-4-17-19/h1-5H/b18-9+. The number of benzene rings is 1. The van der Waals surface area contributed by atoms with Gasteiger partial charge in [-0.15, -0.1) is 0 Å². The molecule has 0 bridgehead atoms. The highest BCUT2D eigenvalue weighted by atomic mass is 35.5. The monoisotopic (exact) mass is 308 g/mol. The molecule has 19 heavy (non-hydrogen) atoms. The first kappa shape index (κ1) is 13.8. The lowest BCUT2D eigenvalue weighted by molar-refractivity contribution is -0.137. The summed E-state index contributed by atoms with van der Waals surface area (Å²) < 4.78 is 39.5. The van der Waals surface area contributed by atoms with Gasteiger partial charge in [0.1, 0.15) is 12.7 Å². The lowest BCUT2D eigenvalue weighted by Crippen LogP contribution is -2.08. The Kier molecular flexibility index (Phi) is 3.77. The predicted octanol–water partition coefficient (Wildman–Crippen LogP) is 3.72. The summed E-state index contributed by atoms with van der Waals surface area (Å²) in [5.41, 5.74) is -1.32. The van der Waals surface area contributed by atoms with Crippen LogP contribution in [0.15, 0.2) is 35.8 Å². The molecule has 0 saturated carbocycles. The van der Waals surface area contributed by atoms with Crippen LogP contribution in [0, 0.1) is 0 Å². The Morgan fingerprint density at radius 2 is 2.05 bits per heavy atom. The molecule has 0 atom stereocenters. The van der Waals surface area contributed by atoms with Crippen molar-refractivity contribution in [3.8, 4) is 0 Å². The van der Waals surface area contributed by atoms with Crippen molar-refractivity contribution in [1.29, 1.82) is 0 Å². The van der Waals surface area contributed by atoms with Gasteiger partial charge in [0.15, 0.2) is 0 Å². The van der Waals surface area contributed by atoms with E-state index in [9.17, 15) is 13.2 Å². The second-order valence-corrected chi connectivity index (χ2v) is 4.15. The van der Waals surface area contributed by atoms with Crippen LogP contribution >= 0.6 is 23.2 Å². The second-order valence-electron chi connectivity index (χ2n) is 3.38. The van der Waals surface area contributed by atoms with E-state index in [1.165, 1.54) is 18.7 Å². The van der Waals surface area contributed by atoms with Gasteiger partial charge in [-0.25, -0.2) is 9.98 Å². The number of rotatable bonds is 1. The van der Waals surface area contributed by atoms with Gasteiger partial charge in [-0.2, -0.15) is 23.0 Å². The van der Waals surface area contributed by atoms with Gasteiger partial charge in [0.05, 0.1) is 11.3 Å². The Balaban J connectivity index is 2.49. The summed E-state index contributed by atoms with van der Waals surface area (Å²) in [6.07, 6.45) is -2.18. The maximum absolute atomic E-state index is 12.8. The minimum atomic E-state index is -4.58. The fourth-order valence-electron chi connectivity index (χ4n) is 1.29. The maximum Gasteiger partial charge on any atom is 0.418 e. The summed E-state index contributed by atoms with van der Waals surface area (Å²) in [5, 5.41) is 3.36. The van der Waals surface area contributed by atoms with Crippen molar-refractivity contribution in [2.45, 2.75) is 6.18 Å². The van der Waals surface area contributed by atoms with Crippen LogP contribution in [-0.4, -0.2) is 20.1 Å². The SMILES string of the molecule is FC(F)(F)c1cc(Cl)ccc1/N=C(\Cl)n1cncn1. The van der Waals surface area contributed by atoms with Crippen LogP contribution in [0.3, 0.4) is 0 Å². The van der Waals surface area contributed by atoms with Gasteiger partial charge in [-0.1, -0.05) is 11.6 Å². The number of aliphatic imine (C=N–C) groups is 1. The summed E-state index contributed by atoms with van der Waals surface area (Å²) in [6, 6.07) is 3.21. The minimum absolute atomic E-state index is 0.0387. The number of halogens is 5. The van der Waals surface area contributed by atoms with E-state index in [1.807, 2.05) is 0 Å². The molecule has 4 nitrogen and oxygen atoms in total. The van der Waals surface area contributed by atoms with E-state index in [0.29, 0.717) is 0 Å². The molecule has 0 aliphatic heterocycles. The van der Waals surface area contributed by atoms with Crippen molar-refractivity contribution in [1.82, 2.24) is 14.8 Å². The zero-order chi connectivity index (χ0) is 14.0. The van der Waals surface area contributed by atoms with Crippen molar-refractivity contribution in [2.75, 3.05) is 0 Å². The van der Waals surface area contributed by atoms with Crippen LogP contribution < -0.4 is 0 Å². The smallest absolute Gasteiger partial charge is 0.223 e. The van der Waals surface area contributed by atoms with Crippen LogP contribution in [0.2, 0.25) is 5.02 Å². The quantitative estimate of drug-likeness (QED) is 0.595. The number of hydrogen-bond acceptors (Lipinski definition) is 3. The van der Waals surface area contributed by atoms with Crippen LogP contribution in [0.25, 0.3) is 0 Å². The summed E-state index contributed by atoms with van der Waals surface area (Å²) >= 11 is 11.3. The molecule has 0 spiro atoms. The highest BCUT2D eigenvalue weighted by Gasteiger charge is 2.34. The van der Waals surface area contributed by atoms with E-state index in [1.54, 1.807) is 0 Å². The zero-order valence-corrected chi connectivity index (χ0v) is 10.6. The number of hydrogen-bond donors (Lipinski definition) is 0. The summed E-state index contributed by atoms with van der Waals surface area (Å²) in [7, 11) is 0. The molecule has 0 unspecified atom stereocenters. The molecule has 100 valence electrons. The van der Waals surface area contributed by atoms with Crippen molar-refractivity contribution in [2.24, 2.45) is 4.99 Å². The minimum Gasteiger partial charge on any atom is -0.223 e. The summed E-state index contributed by atoms with van der Waals surface area (Å²) in [6.45, 7) is 0. The predicted molar refractivity (Wildman–Crippen MR) is 64.8 cm³/mol. The normalized spacial score (nSPS) is 12.8. The molecule has 1 heterocycles. The number of nitrogens with zero attached hydrogens (tertiary/aromatic N) is 4. The molecule has 0 aliphatic carbocycles. The summed E-state index contributed by atoms with van der Waals surface area (Å²) in [5.74, 6) is 0. The third kappa shape index (κ3) is 3.24. The van der Waals surface area contributed by atoms with Gasteiger partial charge in [-0.05, 0) is 29.8 Å². The second kappa shape index (κ2) is 5.18. The Morgan fingerprint density at radius 3 is 2.63 bits per heavy atom. The first-order valence-electron chi connectivity index (χ1n) is 4.84. The molecule has 2 aromatic rings. The van der Waals surface area contributed by atoms with Gasteiger partial charge in [-0.3, -0.25) is 0 Å². The van der Waals surface area contributed by atoms with E-state index < -0.39 is 11.7 Å². The van der Waals surface area contributed by atoms with Gasteiger partial charge >= 0.3 is 6.18 Å². The lowest BCUT2D eigenvalue weighted by atomic mass is 10.2. The Bertz CT molecular complexity index is 608. The summed E-state index contributed by atoms with van der Waals surface area (Å²) in [4.78, 5) is 7.29. The van der Waals surface area contributed by atoms with Crippen molar-refractivity contribution in [3.63, 3.8) is 0 Å². The Labute approximate surface area is 115 Å². The maximum atomic E-state index is 12.8. The fraction of sp³-hybridized carbons (Fsp3) is 0.100. The fourth-order valence-corrected chi connectivity index (χ4v) is 1.64. The molecule has 0 N–H and O–H groups in total. The van der Waals surface area contributed by atoms with E-state index >= 15 is 0 Å². The molecule has 0 amide bonds. The first-order chi connectivity index (χ1) is 8.88. The number of aromatic nitrogens is 3. The molecule has 1 aromatic carbocycles. The van der Waals surface area contributed by atoms with Gasteiger partial charge in [0, 0.05) is 5.02 Å². The van der Waals surface area contributed by atoms with Crippen LogP contribution in [0.4, 0.5) is 18.9 Å². The highest BCUT2D eigenvalue weighted by molar-refractivity contribution is 6.65. The van der Waals surface area contributed by atoms with Crippen LogP contribution in [0.5, 0.6) is 0 Å². The van der Waals surface area contributed by atoms with Crippen molar-refractivity contribution < 1.29 is 13.2 Å². The van der Waals surface area contributed by atoms with Gasteiger partial charge in [0.25, 0.3) is 0 Å². The Morgan fingerprint density at radius 1 is 1.32 bits per heavy atom. The Hall–Kier alpha value is -1.60. The highest BCUT2D eigenvalue weighted by Crippen LogP contribution is 2.38. The molecule has 0 fully saturated rings. The van der Waals surface area contributed by atoms with E-state index in [2.05, 4.69) is 15.1 Å². The van der Waals surface area contributed by atoms with Crippen LogP contribution in [0.1, 0.15) is 5.56 Å². The van der Waals surface area contributed by atoms with E-state index in [-0.39, 0.29) is 16.0 Å². The van der Waals surface area contributed by atoms with Gasteiger partial charge < -0.3 is 0 Å². The third-order valence-electron chi connectivity index (χ3n) is 2.08. The number of alkyl halides is 3. The molecule has 0 aliphatic rings. The van der Waals surface area contributed by atoms with Crippen molar-refractivity contribution >= 4 is 34.2 Å². The van der Waals surface area contributed by atoms with E-state index in [0.717, 1.165) is 16.8 Å². The van der Waals surface area contributed by atoms with Crippen LogP contribution in [-0.2, 0) is 6.18 Å². The molecular weight excluding hydrogens is 304 g/mol. The molecule has 1 aromatic heterocycles. The first-order valence-corrected chi connectivity index (χ1v) is 5.59. The van der Waals surface area contributed by atoms with Crippen molar-refractivity contribution in [3.05, 3.63) is 41.4 Å². The largest absolute Gasteiger partial charge is 0.418 e. The van der Waals surface area contributed by atoms with E-state index in [4.69, 9.17) is 23.2 Å². The molecule has 2 rings (SSSR count). The zero-order valence-electron chi connectivity index (χ0n) is 9.07.